The predicted molar refractivity (Wildman–Crippen MR) is 74.1 cm³/mol. The number of hydrogen-bond donors (Lipinski definition) is 2. The van der Waals surface area contributed by atoms with Gasteiger partial charge in [0.1, 0.15) is 0 Å². The molecule has 1 amide bonds. The van der Waals surface area contributed by atoms with Gasteiger partial charge in [0.2, 0.25) is 0 Å². The molecule has 2 rings (SSSR count). The fourth-order valence-electron chi connectivity index (χ4n) is 2.48. The van der Waals surface area contributed by atoms with E-state index in [1.165, 1.54) is 11.3 Å². The molecule has 1 aliphatic rings. The minimum Gasteiger partial charge on any atom is -0.465 e. The summed E-state index contributed by atoms with van der Waals surface area (Å²) in [6.45, 7) is 0. The largest absolute Gasteiger partial charge is 0.465 e. The highest BCUT2D eigenvalue weighted by Gasteiger charge is 2.26. The molecule has 1 aliphatic carbocycles. The molecule has 2 atom stereocenters. The standard InChI is InChI=1S/C14H19NO2S/c16-14(17)15-13-9-5-4-6-11(13)10-18-12-7-2-1-3-8-12/h1-3,7-8,11,13,15H,4-6,9-10H2,(H,16,17). The van der Waals surface area contributed by atoms with E-state index in [2.05, 4.69) is 17.4 Å². The zero-order valence-electron chi connectivity index (χ0n) is 10.3. The number of nitrogens with one attached hydrogen (secondary N) is 1. The molecule has 0 aromatic heterocycles. The van der Waals surface area contributed by atoms with E-state index in [0.29, 0.717) is 5.92 Å². The maximum Gasteiger partial charge on any atom is 0.404 e. The second-order valence-electron chi connectivity index (χ2n) is 4.72. The van der Waals surface area contributed by atoms with Crippen LogP contribution in [-0.4, -0.2) is 23.0 Å². The van der Waals surface area contributed by atoms with Crippen LogP contribution in [0, 0.1) is 5.92 Å². The Morgan fingerprint density at radius 2 is 2.00 bits per heavy atom. The van der Waals surface area contributed by atoms with Crippen molar-refractivity contribution in [3.8, 4) is 0 Å². The number of carboxylic acid groups (broad SMARTS) is 1. The zero-order chi connectivity index (χ0) is 12.8. The van der Waals surface area contributed by atoms with Gasteiger partial charge in [0, 0.05) is 16.7 Å². The average molecular weight is 265 g/mol. The molecule has 0 saturated heterocycles. The van der Waals surface area contributed by atoms with E-state index in [4.69, 9.17) is 5.11 Å². The van der Waals surface area contributed by atoms with Gasteiger partial charge < -0.3 is 10.4 Å². The van der Waals surface area contributed by atoms with E-state index in [9.17, 15) is 4.79 Å². The molecule has 1 saturated carbocycles. The highest BCUT2D eigenvalue weighted by molar-refractivity contribution is 7.99. The first kappa shape index (κ1) is 13.3. The lowest BCUT2D eigenvalue weighted by Crippen LogP contribution is -2.42. The first-order chi connectivity index (χ1) is 8.75. The summed E-state index contributed by atoms with van der Waals surface area (Å²) in [6.07, 6.45) is 3.57. The maximum atomic E-state index is 10.8. The predicted octanol–water partition coefficient (Wildman–Crippen LogP) is 3.61. The van der Waals surface area contributed by atoms with Crippen LogP contribution in [0.5, 0.6) is 0 Å². The third-order valence-corrected chi connectivity index (χ3v) is 4.63. The van der Waals surface area contributed by atoms with Crippen molar-refractivity contribution in [2.45, 2.75) is 36.6 Å². The van der Waals surface area contributed by atoms with Gasteiger partial charge in [-0.3, -0.25) is 0 Å². The number of benzene rings is 1. The summed E-state index contributed by atoms with van der Waals surface area (Å²) >= 11 is 1.82. The van der Waals surface area contributed by atoms with Crippen LogP contribution in [-0.2, 0) is 0 Å². The average Bonchev–Trinajstić information content (AvgIpc) is 2.38. The van der Waals surface area contributed by atoms with Gasteiger partial charge >= 0.3 is 6.09 Å². The van der Waals surface area contributed by atoms with Crippen molar-refractivity contribution in [3.05, 3.63) is 30.3 Å². The third kappa shape index (κ3) is 3.95. The SMILES string of the molecule is O=C(O)NC1CCCCC1CSc1ccccc1. The van der Waals surface area contributed by atoms with Gasteiger partial charge in [0.05, 0.1) is 0 Å². The molecule has 0 bridgehead atoms. The highest BCUT2D eigenvalue weighted by atomic mass is 32.2. The lowest BCUT2D eigenvalue weighted by atomic mass is 9.86. The molecule has 0 heterocycles. The van der Waals surface area contributed by atoms with Crippen LogP contribution in [0.2, 0.25) is 0 Å². The van der Waals surface area contributed by atoms with E-state index in [1.54, 1.807) is 0 Å². The molecule has 1 fully saturated rings. The van der Waals surface area contributed by atoms with Gasteiger partial charge in [0.25, 0.3) is 0 Å². The van der Waals surface area contributed by atoms with E-state index < -0.39 is 6.09 Å². The summed E-state index contributed by atoms with van der Waals surface area (Å²) in [7, 11) is 0. The fourth-order valence-corrected chi connectivity index (χ4v) is 3.63. The summed E-state index contributed by atoms with van der Waals surface area (Å²) < 4.78 is 0. The van der Waals surface area contributed by atoms with Gasteiger partial charge in [-0.05, 0) is 30.9 Å². The van der Waals surface area contributed by atoms with E-state index in [0.717, 1.165) is 25.0 Å². The number of rotatable bonds is 4. The van der Waals surface area contributed by atoms with Gasteiger partial charge in [-0.2, -0.15) is 0 Å². The zero-order valence-corrected chi connectivity index (χ0v) is 11.2. The Kier molecular flexibility index (Phi) is 4.93. The summed E-state index contributed by atoms with van der Waals surface area (Å²) in [6, 6.07) is 10.4. The molecule has 0 aliphatic heterocycles. The Balaban J connectivity index is 1.87. The molecule has 98 valence electrons. The van der Waals surface area contributed by atoms with Gasteiger partial charge in [-0.1, -0.05) is 31.0 Å². The monoisotopic (exact) mass is 265 g/mol. The van der Waals surface area contributed by atoms with Crippen molar-refractivity contribution in [3.63, 3.8) is 0 Å². The number of amides is 1. The molecule has 3 nitrogen and oxygen atoms in total. The molecular formula is C14H19NO2S. The number of hydrogen-bond acceptors (Lipinski definition) is 2. The molecule has 1 aromatic carbocycles. The normalized spacial score (nSPS) is 23.6. The second-order valence-corrected chi connectivity index (χ2v) is 5.82. The Hall–Kier alpha value is -1.16. The van der Waals surface area contributed by atoms with E-state index in [-0.39, 0.29) is 6.04 Å². The Morgan fingerprint density at radius 1 is 1.28 bits per heavy atom. The minimum absolute atomic E-state index is 0.132. The summed E-state index contributed by atoms with van der Waals surface area (Å²) in [5.74, 6) is 1.45. The Morgan fingerprint density at radius 3 is 2.72 bits per heavy atom. The minimum atomic E-state index is -0.892. The van der Waals surface area contributed by atoms with Crippen molar-refractivity contribution in [2.75, 3.05) is 5.75 Å². The fraction of sp³-hybridized carbons (Fsp3) is 0.500. The molecule has 4 heteroatoms. The van der Waals surface area contributed by atoms with E-state index >= 15 is 0 Å². The van der Waals surface area contributed by atoms with Crippen LogP contribution in [0.4, 0.5) is 4.79 Å². The van der Waals surface area contributed by atoms with Crippen LogP contribution in [0.15, 0.2) is 35.2 Å². The first-order valence-electron chi connectivity index (χ1n) is 6.43. The molecule has 0 radical (unpaired) electrons. The smallest absolute Gasteiger partial charge is 0.404 e. The van der Waals surface area contributed by atoms with Crippen molar-refractivity contribution in [1.82, 2.24) is 5.32 Å². The van der Waals surface area contributed by atoms with Gasteiger partial charge in [-0.15, -0.1) is 11.8 Å². The van der Waals surface area contributed by atoms with Crippen molar-refractivity contribution in [2.24, 2.45) is 5.92 Å². The molecule has 18 heavy (non-hydrogen) atoms. The van der Waals surface area contributed by atoms with Crippen molar-refractivity contribution < 1.29 is 9.90 Å². The summed E-state index contributed by atoms with van der Waals surface area (Å²) in [5.41, 5.74) is 0. The van der Waals surface area contributed by atoms with E-state index in [1.807, 2.05) is 30.0 Å². The maximum absolute atomic E-state index is 10.8. The van der Waals surface area contributed by atoms with Crippen molar-refractivity contribution in [1.29, 1.82) is 0 Å². The van der Waals surface area contributed by atoms with Crippen LogP contribution in [0.25, 0.3) is 0 Å². The quantitative estimate of drug-likeness (QED) is 0.818. The summed E-state index contributed by atoms with van der Waals surface area (Å²) in [5, 5.41) is 11.5. The highest BCUT2D eigenvalue weighted by Crippen LogP contribution is 2.30. The molecule has 2 unspecified atom stereocenters. The second kappa shape index (κ2) is 6.69. The molecular weight excluding hydrogens is 246 g/mol. The van der Waals surface area contributed by atoms with Crippen LogP contribution >= 0.6 is 11.8 Å². The van der Waals surface area contributed by atoms with Crippen LogP contribution in [0.3, 0.4) is 0 Å². The van der Waals surface area contributed by atoms with Gasteiger partial charge in [0.15, 0.2) is 0 Å². The first-order valence-corrected chi connectivity index (χ1v) is 7.41. The Labute approximate surface area is 112 Å². The van der Waals surface area contributed by atoms with Gasteiger partial charge in [-0.25, -0.2) is 4.79 Å². The molecule has 2 N–H and O–H groups in total. The lowest BCUT2D eigenvalue weighted by Gasteiger charge is -2.31. The number of carbonyl (C=O) groups is 1. The van der Waals surface area contributed by atoms with Crippen LogP contribution < -0.4 is 5.32 Å². The van der Waals surface area contributed by atoms with Crippen LogP contribution in [0.1, 0.15) is 25.7 Å². The number of thioether (sulfide) groups is 1. The van der Waals surface area contributed by atoms with Crippen molar-refractivity contribution >= 4 is 17.9 Å². The summed E-state index contributed by atoms with van der Waals surface area (Å²) in [4.78, 5) is 12.0. The Bertz CT molecular complexity index is 383. The lowest BCUT2D eigenvalue weighted by molar-refractivity contribution is 0.178. The molecule has 0 spiro atoms. The third-order valence-electron chi connectivity index (χ3n) is 3.43. The topological polar surface area (TPSA) is 49.3 Å². The molecule has 1 aromatic rings.